The lowest BCUT2D eigenvalue weighted by atomic mass is 9.96. The molecule has 0 N–H and O–H groups in total. The van der Waals surface area contributed by atoms with Gasteiger partial charge in [0.1, 0.15) is 0 Å². The highest BCUT2D eigenvalue weighted by Gasteiger charge is 2.33. The van der Waals surface area contributed by atoms with E-state index in [1.54, 1.807) is 0 Å². The molecule has 0 heterocycles. The molecule has 130 valence electrons. The summed E-state index contributed by atoms with van der Waals surface area (Å²) in [5.41, 5.74) is 7.99. The first-order valence-electron chi connectivity index (χ1n) is 9.13. The number of nitrogens with zero attached hydrogens (tertiary/aromatic N) is 1. The molecule has 0 aromatic rings. The van der Waals surface area contributed by atoms with E-state index in [4.69, 9.17) is 0 Å². The van der Waals surface area contributed by atoms with Gasteiger partial charge in [-0.25, -0.2) is 0 Å². The molecular formula is C23H33N. The van der Waals surface area contributed by atoms with Gasteiger partial charge in [-0.15, -0.1) is 6.58 Å². The molecule has 0 unspecified atom stereocenters. The van der Waals surface area contributed by atoms with Crippen LogP contribution in [0.5, 0.6) is 0 Å². The minimum absolute atomic E-state index is 0.590. The van der Waals surface area contributed by atoms with Crippen LogP contribution in [0.15, 0.2) is 71.3 Å². The highest BCUT2D eigenvalue weighted by molar-refractivity contribution is 5.41. The largest absolute Gasteiger partial charge is 0.319 e. The second kappa shape index (κ2) is 7.88. The van der Waals surface area contributed by atoms with Gasteiger partial charge in [-0.3, -0.25) is 0 Å². The molecule has 0 radical (unpaired) electrons. The van der Waals surface area contributed by atoms with Crippen LogP contribution in [-0.2, 0) is 0 Å². The summed E-state index contributed by atoms with van der Waals surface area (Å²) in [6.45, 7) is 19.3. The molecular weight excluding hydrogens is 290 g/mol. The first-order valence-corrected chi connectivity index (χ1v) is 9.13. The standard InChI is InChI=1S/C23H33N/c1-16(2)13-19(6)14-21-15-23(21)24(17(3)4)22-10-8-9-18(5)11-12-20(22)7/h8,10-11,15,19,21H,1,3,9,12-14H2,2,4-7H3/b10-8-,18-11-,22-20+/t19-,21+/m0/s1. The molecule has 24 heavy (non-hydrogen) atoms. The van der Waals surface area contributed by atoms with Crippen molar-refractivity contribution in [3.63, 3.8) is 0 Å². The highest BCUT2D eigenvalue weighted by Crippen LogP contribution is 2.43. The van der Waals surface area contributed by atoms with Gasteiger partial charge in [0.25, 0.3) is 0 Å². The molecule has 0 bridgehead atoms. The molecule has 2 atom stereocenters. The first kappa shape index (κ1) is 18.6. The number of allylic oxidation sites excluding steroid dienone is 9. The fourth-order valence-corrected chi connectivity index (χ4v) is 3.54. The SMILES string of the molecule is C=C(C)C[C@H](C)C[C@@H]1C=C1N(C(=C)C)C1=C(\C)C/C=C(/C)C/C=C\1. The maximum absolute atomic E-state index is 4.24. The van der Waals surface area contributed by atoms with Gasteiger partial charge in [0.15, 0.2) is 0 Å². The molecule has 1 nitrogen and oxygen atoms in total. The minimum atomic E-state index is 0.590. The normalized spacial score (nSPS) is 28.0. The molecule has 0 aromatic carbocycles. The third-order valence-electron chi connectivity index (χ3n) is 4.79. The maximum Gasteiger partial charge on any atom is 0.0444 e. The van der Waals surface area contributed by atoms with Gasteiger partial charge in [0.2, 0.25) is 0 Å². The van der Waals surface area contributed by atoms with Crippen LogP contribution in [0, 0.1) is 11.8 Å². The molecule has 0 spiro atoms. The van der Waals surface area contributed by atoms with Crippen LogP contribution in [0.25, 0.3) is 0 Å². The fourth-order valence-electron chi connectivity index (χ4n) is 3.54. The fraction of sp³-hybridized carbons (Fsp3) is 0.478. The zero-order valence-electron chi connectivity index (χ0n) is 16.2. The average molecular weight is 324 g/mol. The van der Waals surface area contributed by atoms with Crippen molar-refractivity contribution in [2.24, 2.45) is 11.8 Å². The van der Waals surface area contributed by atoms with Crippen molar-refractivity contribution in [2.75, 3.05) is 0 Å². The van der Waals surface area contributed by atoms with Gasteiger partial charge < -0.3 is 4.90 Å². The van der Waals surface area contributed by atoms with Crippen molar-refractivity contribution in [3.05, 3.63) is 71.3 Å². The molecule has 0 saturated heterocycles. The van der Waals surface area contributed by atoms with Gasteiger partial charge in [-0.1, -0.05) is 42.9 Å². The van der Waals surface area contributed by atoms with Crippen molar-refractivity contribution in [1.82, 2.24) is 4.90 Å². The monoisotopic (exact) mass is 323 g/mol. The molecule has 0 saturated carbocycles. The Labute approximate surface area is 148 Å². The van der Waals surface area contributed by atoms with Gasteiger partial charge >= 0.3 is 0 Å². The van der Waals surface area contributed by atoms with Crippen molar-refractivity contribution < 1.29 is 0 Å². The van der Waals surface area contributed by atoms with E-state index in [1.807, 2.05) is 0 Å². The summed E-state index contributed by atoms with van der Waals surface area (Å²) in [5, 5.41) is 0. The van der Waals surface area contributed by atoms with E-state index in [2.05, 4.69) is 77.0 Å². The second-order valence-electron chi connectivity index (χ2n) is 7.80. The molecule has 1 heteroatoms. The Morgan fingerprint density at radius 2 is 1.96 bits per heavy atom. The third kappa shape index (κ3) is 4.87. The summed E-state index contributed by atoms with van der Waals surface area (Å²) < 4.78 is 0. The number of hydrogen-bond acceptors (Lipinski definition) is 1. The Balaban J connectivity index is 2.13. The van der Waals surface area contributed by atoms with E-state index in [0.29, 0.717) is 11.8 Å². The van der Waals surface area contributed by atoms with E-state index >= 15 is 0 Å². The molecule has 0 fully saturated rings. The topological polar surface area (TPSA) is 3.24 Å². The van der Waals surface area contributed by atoms with Crippen molar-refractivity contribution in [1.29, 1.82) is 0 Å². The van der Waals surface area contributed by atoms with E-state index in [9.17, 15) is 0 Å². The smallest absolute Gasteiger partial charge is 0.0444 e. The van der Waals surface area contributed by atoms with Crippen LogP contribution in [0.1, 0.15) is 60.3 Å². The predicted molar refractivity (Wildman–Crippen MR) is 106 cm³/mol. The first-order chi connectivity index (χ1) is 11.3. The van der Waals surface area contributed by atoms with Crippen LogP contribution in [0.4, 0.5) is 0 Å². The van der Waals surface area contributed by atoms with Crippen molar-refractivity contribution in [3.8, 4) is 0 Å². The lowest BCUT2D eigenvalue weighted by Crippen LogP contribution is -2.18. The van der Waals surface area contributed by atoms with Crippen LogP contribution in [-0.4, -0.2) is 4.90 Å². The minimum Gasteiger partial charge on any atom is -0.319 e. The second-order valence-corrected chi connectivity index (χ2v) is 7.80. The Hall–Kier alpha value is -1.76. The molecule has 0 aliphatic heterocycles. The number of rotatable bonds is 7. The molecule has 2 aliphatic rings. The predicted octanol–water partition coefficient (Wildman–Crippen LogP) is 6.90. The molecule has 2 aliphatic carbocycles. The zero-order chi connectivity index (χ0) is 17.9. The Kier molecular flexibility index (Phi) is 6.10. The van der Waals surface area contributed by atoms with Crippen molar-refractivity contribution >= 4 is 0 Å². The Morgan fingerprint density at radius 3 is 2.58 bits per heavy atom. The van der Waals surface area contributed by atoms with Gasteiger partial charge in [-0.05, 0) is 70.9 Å². The quantitative estimate of drug-likeness (QED) is 0.461. The number of hydrogen-bond donors (Lipinski definition) is 0. The Bertz CT molecular complexity index is 639. The molecule has 2 rings (SSSR count). The third-order valence-corrected chi connectivity index (χ3v) is 4.79. The Morgan fingerprint density at radius 1 is 1.25 bits per heavy atom. The van der Waals surface area contributed by atoms with Crippen LogP contribution >= 0.6 is 0 Å². The van der Waals surface area contributed by atoms with Crippen LogP contribution in [0.3, 0.4) is 0 Å². The van der Waals surface area contributed by atoms with E-state index < -0.39 is 0 Å². The molecule has 0 amide bonds. The van der Waals surface area contributed by atoms with Gasteiger partial charge in [0.05, 0.1) is 0 Å². The summed E-state index contributed by atoms with van der Waals surface area (Å²) in [6.07, 6.45) is 13.7. The molecule has 0 aromatic heterocycles. The zero-order valence-corrected chi connectivity index (χ0v) is 16.2. The van der Waals surface area contributed by atoms with Crippen LogP contribution in [0.2, 0.25) is 0 Å². The van der Waals surface area contributed by atoms with Crippen molar-refractivity contribution in [2.45, 2.75) is 60.3 Å². The summed E-state index contributed by atoms with van der Waals surface area (Å²) in [5.74, 6) is 1.27. The van der Waals surface area contributed by atoms with Crippen LogP contribution < -0.4 is 0 Å². The summed E-state index contributed by atoms with van der Waals surface area (Å²) >= 11 is 0. The summed E-state index contributed by atoms with van der Waals surface area (Å²) in [6, 6.07) is 0. The lowest BCUT2D eigenvalue weighted by molar-refractivity contribution is 0.458. The van der Waals surface area contributed by atoms with E-state index in [0.717, 1.165) is 25.0 Å². The lowest BCUT2D eigenvalue weighted by Gasteiger charge is -2.27. The van der Waals surface area contributed by atoms with Gasteiger partial charge in [0, 0.05) is 23.0 Å². The summed E-state index contributed by atoms with van der Waals surface area (Å²) in [7, 11) is 0. The highest BCUT2D eigenvalue weighted by atomic mass is 15.2. The van der Waals surface area contributed by atoms with E-state index in [1.165, 1.54) is 34.5 Å². The van der Waals surface area contributed by atoms with E-state index in [-0.39, 0.29) is 0 Å². The maximum atomic E-state index is 4.24. The summed E-state index contributed by atoms with van der Waals surface area (Å²) in [4.78, 5) is 2.37. The van der Waals surface area contributed by atoms with Gasteiger partial charge in [-0.2, -0.15) is 0 Å². The average Bonchev–Trinajstić information content (AvgIpc) is 3.19.